The number of aromatic hydroxyl groups is 1. The number of nitrogens with one attached hydrogen (secondary N) is 2. The van der Waals surface area contributed by atoms with Crippen LogP contribution in [0, 0.1) is 22.5 Å². The molecule has 214 valence electrons. The summed E-state index contributed by atoms with van der Waals surface area (Å²) in [5, 5.41) is 34.4. The molecule has 1 saturated heterocycles. The largest absolute Gasteiger partial charge is 0.506 e. The number of nitrogens with two attached hydrogens (primary N) is 1. The van der Waals surface area contributed by atoms with Crippen LogP contribution in [0.25, 0.3) is 10.9 Å². The van der Waals surface area contributed by atoms with Crippen LogP contribution in [0.3, 0.4) is 0 Å². The number of benzene rings is 3. The molecule has 1 amide bonds. The first kappa shape index (κ1) is 30.6. The van der Waals surface area contributed by atoms with E-state index in [4.69, 9.17) is 21.7 Å². The monoisotopic (exact) mass is 562 g/mol. The Labute approximate surface area is 236 Å². The Morgan fingerprint density at radius 3 is 2.22 bits per heavy atom. The lowest BCUT2D eigenvalue weighted by molar-refractivity contribution is 0.0757. The van der Waals surface area contributed by atoms with Gasteiger partial charge in [0.2, 0.25) is 0 Å². The number of rotatable bonds is 3. The summed E-state index contributed by atoms with van der Waals surface area (Å²) >= 11 is 0. The molecule has 6 N–H and O–H groups in total. The molecule has 0 saturated carbocycles. The van der Waals surface area contributed by atoms with Gasteiger partial charge in [0, 0.05) is 54.2 Å². The number of nitrogen functional groups attached to an aromatic ring is 1. The minimum absolute atomic E-state index is 0.00336. The zero-order valence-corrected chi connectivity index (χ0v) is 22.5. The molecule has 0 spiro atoms. The van der Waals surface area contributed by atoms with Crippen LogP contribution in [0.4, 0.5) is 14.5 Å². The van der Waals surface area contributed by atoms with Crippen molar-refractivity contribution in [3.63, 3.8) is 0 Å². The third-order valence-electron chi connectivity index (χ3n) is 5.95. The van der Waals surface area contributed by atoms with E-state index in [0.717, 1.165) is 30.0 Å². The molecule has 3 aromatic carbocycles. The van der Waals surface area contributed by atoms with Gasteiger partial charge in [-0.2, -0.15) is 0 Å². The van der Waals surface area contributed by atoms with E-state index in [1.165, 1.54) is 9.80 Å². The number of pyridine rings is 1. The first-order chi connectivity index (χ1) is 19.6. The van der Waals surface area contributed by atoms with Crippen molar-refractivity contribution in [1.29, 1.82) is 10.8 Å². The summed E-state index contributed by atoms with van der Waals surface area (Å²) in [5.74, 6) is -1.73. The number of phenols is 1. The van der Waals surface area contributed by atoms with Crippen molar-refractivity contribution >= 4 is 34.2 Å². The van der Waals surface area contributed by atoms with Crippen molar-refractivity contribution in [2.24, 2.45) is 0 Å². The van der Waals surface area contributed by atoms with Crippen molar-refractivity contribution in [3.05, 3.63) is 102 Å². The molecule has 0 atom stereocenters. The van der Waals surface area contributed by atoms with Gasteiger partial charge in [-0.25, -0.2) is 8.78 Å². The predicted octanol–water partition coefficient (Wildman–Crippen LogP) is 4.64. The number of piperazine rings is 1. The van der Waals surface area contributed by atoms with Crippen LogP contribution >= 0.6 is 0 Å². The summed E-state index contributed by atoms with van der Waals surface area (Å²) in [5.41, 5.74) is 7.33. The molecular weight excluding hydrogens is 530 g/mol. The highest BCUT2D eigenvalue weighted by atomic mass is 19.1. The summed E-state index contributed by atoms with van der Waals surface area (Å²) in [6.07, 6.45) is 2.54. The molecule has 4 aromatic rings. The SMILES string of the molecule is CCCO.N=C1CN(C(=O)c2ccc(N)cc2)CCN1C(=N)c1cc(F)cc(F)c1.Oc1cccc2cccnc12. The number of hydrogen-bond donors (Lipinski definition) is 5. The first-order valence-electron chi connectivity index (χ1n) is 12.8. The Kier molecular flexibility index (Phi) is 10.8. The molecule has 1 fully saturated rings. The second-order valence-electron chi connectivity index (χ2n) is 9.03. The number of aliphatic hydroxyl groups is 1. The van der Waals surface area contributed by atoms with Crippen LogP contribution in [-0.4, -0.2) is 68.8 Å². The minimum Gasteiger partial charge on any atom is -0.506 e. The summed E-state index contributed by atoms with van der Waals surface area (Å²) in [7, 11) is 0. The Morgan fingerprint density at radius 2 is 1.63 bits per heavy atom. The molecule has 1 aliphatic heterocycles. The Morgan fingerprint density at radius 1 is 1.00 bits per heavy atom. The van der Waals surface area contributed by atoms with Gasteiger partial charge < -0.3 is 25.7 Å². The molecule has 1 aromatic heterocycles. The number of halogens is 2. The van der Waals surface area contributed by atoms with Crippen molar-refractivity contribution < 1.29 is 23.8 Å². The predicted molar refractivity (Wildman–Crippen MR) is 155 cm³/mol. The van der Waals surface area contributed by atoms with Crippen LogP contribution < -0.4 is 5.73 Å². The fourth-order valence-electron chi connectivity index (χ4n) is 3.86. The Balaban J connectivity index is 0.000000252. The van der Waals surface area contributed by atoms with Crippen LogP contribution in [-0.2, 0) is 0 Å². The van der Waals surface area contributed by atoms with Gasteiger partial charge in [-0.15, -0.1) is 0 Å². The van der Waals surface area contributed by atoms with E-state index in [1.54, 1.807) is 42.6 Å². The van der Waals surface area contributed by atoms with E-state index in [-0.39, 0.29) is 48.5 Å². The first-order valence-corrected chi connectivity index (χ1v) is 12.8. The smallest absolute Gasteiger partial charge is 0.254 e. The average Bonchev–Trinajstić information content (AvgIpc) is 2.97. The molecule has 41 heavy (non-hydrogen) atoms. The molecule has 9 nitrogen and oxygen atoms in total. The van der Waals surface area contributed by atoms with Gasteiger partial charge in [0.05, 0.1) is 6.54 Å². The molecule has 0 aliphatic carbocycles. The number of anilines is 1. The van der Waals surface area contributed by atoms with E-state index in [2.05, 4.69) is 4.98 Å². The second kappa shape index (κ2) is 14.5. The molecule has 2 heterocycles. The molecular formula is C30H32F2N6O3. The number of carbonyl (C=O) groups is 1. The van der Waals surface area contributed by atoms with Crippen molar-refractivity contribution in [2.75, 3.05) is 32.0 Å². The van der Waals surface area contributed by atoms with Gasteiger partial charge in [-0.3, -0.25) is 20.6 Å². The van der Waals surface area contributed by atoms with Crippen molar-refractivity contribution in [3.8, 4) is 5.75 Å². The van der Waals surface area contributed by atoms with Gasteiger partial charge in [-0.05, 0) is 55.0 Å². The number of nitrogens with zero attached hydrogens (tertiary/aromatic N) is 3. The summed E-state index contributed by atoms with van der Waals surface area (Å²) < 4.78 is 26.7. The van der Waals surface area contributed by atoms with Gasteiger partial charge >= 0.3 is 0 Å². The average molecular weight is 563 g/mol. The lowest BCUT2D eigenvalue weighted by Crippen LogP contribution is -2.53. The summed E-state index contributed by atoms with van der Waals surface area (Å²) in [4.78, 5) is 19.4. The fraction of sp³-hybridized carbons (Fsp3) is 0.200. The number of phenolic OH excluding ortho intramolecular Hbond substituents is 1. The molecule has 0 bridgehead atoms. The number of para-hydroxylation sites is 1. The number of carbonyl (C=O) groups excluding carboxylic acids is 1. The van der Waals surface area contributed by atoms with E-state index < -0.39 is 11.6 Å². The third-order valence-corrected chi connectivity index (χ3v) is 5.95. The number of amidine groups is 2. The lowest BCUT2D eigenvalue weighted by Gasteiger charge is -2.36. The van der Waals surface area contributed by atoms with Crippen LogP contribution in [0.15, 0.2) is 79.0 Å². The summed E-state index contributed by atoms with van der Waals surface area (Å²) in [6.45, 7) is 2.73. The fourth-order valence-corrected chi connectivity index (χ4v) is 3.86. The maximum absolute atomic E-state index is 13.4. The molecule has 11 heteroatoms. The van der Waals surface area contributed by atoms with E-state index in [9.17, 15) is 18.7 Å². The van der Waals surface area contributed by atoms with Crippen molar-refractivity contribution in [2.45, 2.75) is 13.3 Å². The van der Waals surface area contributed by atoms with Gasteiger partial charge in [0.15, 0.2) is 0 Å². The van der Waals surface area contributed by atoms with Crippen LogP contribution in [0.2, 0.25) is 0 Å². The van der Waals surface area contributed by atoms with Crippen LogP contribution in [0.1, 0.15) is 29.3 Å². The van der Waals surface area contributed by atoms with Crippen LogP contribution in [0.5, 0.6) is 5.75 Å². The highest BCUT2D eigenvalue weighted by Crippen LogP contribution is 2.20. The third kappa shape index (κ3) is 8.29. The Bertz CT molecular complexity index is 1490. The number of amides is 1. The molecule has 0 unspecified atom stereocenters. The minimum atomic E-state index is -0.784. The molecule has 0 radical (unpaired) electrons. The number of aromatic nitrogens is 1. The number of hydrogen-bond acceptors (Lipinski definition) is 7. The van der Waals surface area contributed by atoms with E-state index in [1.807, 2.05) is 25.1 Å². The summed E-state index contributed by atoms with van der Waals surface area (Å²) in [6, 6.07) is 18.4. The van der Waals surface area contributed by atoms with E-state index in [0.29, 0.717) is 23.4 Å². The quantitative estimate of drug-likeness (QED) is 0.139. The highest BCUT2D eigenvalue weighted by molar-refractivity contribution is 6.09. The maximum Gasteiger partial charge on any atom is 0.254 e. The lowest BCUT2D eigenvalue weighted by atomic mass is 10.1. The standard InChI is InChI=1S/C18H17F2N5O.C9H7NO.C3H8O/c19-13-7-12(8-14(20)9-13)17(23)25-6-5-24(10-16(25)22)18(26)11-1-3-15(21)4-2-11;11-8-5-1-3-7-4-2-6-10-9(7)8;1-2-3-4/h1-4,7-9,22-23H,5-6,10,21H2;1-6,11H;4H,2-3H2,1H3. The second-order valence-corrected chi connectivity index (χ2v) is 9.03. The molecule has 1 aliphatic rings. The zero-order valence-electron chi connectivity index (χ0n) is 22.5. The topological polar surface area (TPSA) is 151 Å². The van der Waals surface area contributed by atoms with E-state index >= 15 is 0 Å². The molecule has 5 rings (SSSR count). The number of fused-ring (bicyclic) bond motifs is 1. The van der Waals surface area contributed by atoms with Gasteiger partial charge in [0.25, 0.3) is 5.91 Å². The van der Waals surface area contributed by atoms with Gasteiger partial charge in [0.1, 0.15) is 34.6 Å². The number of aliphatic hydroxyl groups excluding tert-OH is 1. The highest BCUT2D eigenvalue weighted by Gasteiger charge is 2.28. The maximum atomic E-state index is 13.4. The van der Waals surface area contributed by atoms with Gasteiger partial charge in [-0.1, -0.05) is 25.1 Å². The zero-order chi connectivity index (χ0) is 29.9. The normalized spacial score (nSPS) is 12.6. The van der Waals surface area contributed by atoms with Crippen molar-refractivity contribution in [1.82, 2.24) is 14.8 Å². The Hall–Kier alpha value is -4.90.